The molecule has 0 N–H and O–H groups in total. The van der Waals surface area contributed by atoms with E-state index in [-0.39, 0.29) is 5.56 Å². The third-order valence-electron chi connectivity index (χ3n) is 5.69. The van der Waals surface area contributed by atoms with Gasteiger partial charge in [-0.25, -0.2) is 9.67 Å². The van der Waals surface area contributed by atoms with Crippen molar-refractivity contribution in [3.05, 3.63) is 87.6 Å². The van der Waals surface area contributed by atoms with Crippen molar-refractivity contribution in [3.8, 4) is 33.4 Å². The Morgan fingerprint density at radius 2 is 1.77 bits per heavy atom. The fourth-order valence-electron chi connectivity index (χ4n) is 4.09. The van der Waals surface area contributed by atoms with Gasteiger partial charge in [-0.15, -0.1) is 11.3 Å². The van der Waals surface area contributed by atoms with Gasteiger partial charge in [-0.2, -0.15) is 0 Å². The summed E-state index contributed by atoms with van der Waals surface area (Å²) in [5, 5.41) is 2.87. The zero-order valence-electron chi connectivity index (χ0n) is 17.8. The summed E-state index contributed by atoms with van der Waals surface area (Å²) in [7, 11) is 1.92. The van der Waals surface area contributed by atoms with Crippen LogP contribution in [0, 0.1) is 20.8 Å². The van der Waals surface area contributed by atoms with Crippen molar-refractivity contribution in [3.63, 3.8) is 0 Å². The molecule has 0 aliphatic heterocycles. The fourth-order valence-corrected chi connectivity index (χ4v) is 4.88. The Hall–Kier alpha value is -3.58. The van der Waals surface area contributed by atoms with E-state index in [9.17, 15) is 4.79 Å². The Kier molecular flexibility index (Phi) is 4.55. The average Bonchev–Trinajstić information content (AvgIpc) is 3.54. The number of furan rings is 1. The molecule has 0 spiro atoms. The molecule has 0 aliphatic rings. The third kappa shape index (κ3) is 3.00. The van der Waals surface area contributed by atoms with Gasteiger partial charge in [0.15, 0.2) is 10.8 Å². The maximum absolute atomic E-state index is 13.5. The van der Waals surface area contributed by atoms with Crippen LogP contribution in [0.5, 0.6) is 0 Å². The van der Waals surface area contributed by atoms with Crippen LogP contribution in [0.2, 0.25) is 0 Å². The van der Waals surface area contributed by atoms with Gasteiger partial charge < -0.3 is 8.98 Å². The van der Waals surface area contributed by atoms with E-state index in [0.29, 0.717) is 5.69 Å². The first-order valence-corrected chi connectivity index (χ1v) is 10.9. The molecule has 31 heavy (non-hydrogen) atoms. The van der Waals surface area contributed by atoms with Crippen LogP contribution in [0.25, 0.3) is 33.4 Å². The Morgan fingerprint density at radius 3 is 2.48 bits per heavy atom. The lowest BCUT2D eigenvalue weighted by Gasteiger charge is -2.08. The van der Waals surface area contributed by atoms with Gasteiger partial charge in [0.05, 0.1) is 23.3 Å². The summed E-state index contributed by atoms with van der Waals surface area (Å²) in [6, 6.07) is 15.6. The number of thiazole rings is 1. The van der Waals surface area contributed by atoms with Crippen LogP contribution >= 0.6 is 11.3 Å². The van der Waals surface area contributed by atoms with Gasteiger partial charge in [-0.1, -0.05) is 18.2 Å². The van der Waals surface area contributed by atoms with Gasteiger partial charge >= 0.3 is 0 Å². The van der Waals surface area contributed by atoms with Crippen molar-refractivity contribution in [2.75, 3.05) is 0 Å². The van der Waals surface area contributed by atoms with E-state index in [0.717, 1.165) is 44.8 Å². The van der Waals surface area contributed by atoms with E-state index in [1.807, 2.05) is 84.9 Å². The lowest BCUT2D eigenvalue weighted by Crippen LogP contribution is -2.21. The summed E-state index contributed by atoms with van der Waals surface area (Å²) in [4.78, 5) is 18.3. The highest BCUT2D eigenvalue weighted by Crippen LogP contribution is 2.33. The minimum Gasteiger partial charge on any atom is -0.462 e. The largest absolute Gasteiger partial charge is 0.462 e. The number of benzene rings is 1. The quantitative estimate of drug-likeness (QED) is 0.390. The maximum atomic E-state index is 13.5. The monoisotopic (exact) mass is 430 g/mol. The lowest BCUT2D eigenvalue weighted by molar-refractivity contribution is 0.582. The minimum atomic E-state index is -0.0471. The molecule has 0 radical (unpaired) electrons. The molecule has 7 heteroatoms. The number of hydrogen-bond donors (Lipinski definition) is 0. The van der Waals surface area contributed by atoms with Gasteiger partial charge in [0, 0.05) is 29.4 Å². The Labute approximate surface area is 183 Å². The van der Waals surface area contributed by atoms with E-state index in [1.165, 1.54) is 0 Å². The molecule has 0 amide bonds. The molecule has 5 aromatic rings. The van der Waals surface area contributed by atoms with Crippen molar-refractivity contribution in [1.82, 2.24) is 18.9 Å². The summed E-state index contributed by atoms with van der Waals surface area (Å²) < 4.78 is 11.1. The molecule has 1 aromatic carbocycles. The Morgan fingerprint density at radius 1 is 1.00 bits per heavy atom. The standard InChI is InChI=1S/C24H22N4O2S/c1-15-13-19(20-14-31-23(25-20)21-11-8-12-30-21)16(2)27(15)22-17(3)26(4)28(24(22)29)18-9-6-5-7-10-18/h5-14H,1-4H3. The zero-order chi connectivity index (χ0) is 21.7. The molecule has 6 nitrogen and oxygen atoms in total. The number of hydrogen-bond acceptors (Lipinski definition) is 4. The minimum absolute atomic E-state index is 0.0471. The Bertz CT molecular complexity index is 1430. The van der Waals surface area contributed by atoms with Gasteiger partial charge in [-0.3, -0.25) is 9.48 Å². The summed E-state index contributed by atoms with van der Waals surface area (Å²) in [6.45, 7) is 6.04. The highest BCUT2D eigenvalue weighted by atomic mass is 32.1. The van der Waals surface area contributed by atoms with Crippen LogP contribution in [-0.2, 0) is 7.05 Å². The summed E-state index contributed by atoms with van der Waals surface area (Å²) in [5.74, 6) is 0.759. The molecule has 4 heterocycles. The van der Waals surface area contributed by atoms with Crippen molar-refractivity contribution < 1.29 is 4.42 Å². The first-order chi connectivity index (χ1) is 15.0. The van der Waals surface area contributed by atoms with Crippen molar-refractivity contribution in [1.29, 1.82) is 0 Å². The van der Waals surface area contributed by atoms with Crippen molar-refractivity contribution >= 4 is 11.3 Å². The molecular weight excluding hydrogens is 408 g/mol. The molecular formula is C24H22N4O2S. The van der Waals surface area contributed by atoms with E-state index >= 15 is 0 Å². The molecule has 0 bridgehead atoms. The van der Waals surface area contributed by atoms with Crippen LogP contribution in [0.15, 0.2) is 69.4 Å². The molecule has 0 atom stereocenters. The van der Waals surface area contributed by atoms with E-state index in [1.54, 1.807) is 22.3 Å². The maximum Gasteiger partial charge on any atom is 0.295 e. The molecule has 5 rings (SSSR count). The van der Waals surface area contributed by atoms with Crippen molar-refractivity contribution in [2.45, 2.75) is 20.8 Å². The molecule has 4 aromatic heterocycles. The summed E-state index contributed by atoms with van der Waals surface area (Å²) >= 11 is 1.55. The summed E-state index contributed by atoms with van der Waals surface area (Å²) in [6.07, 6.45) is 1.65. The van der Waals surface area contributed by atoms with Crippen LogP contribution in [0.4, 0.5) is 0 Å². The number of para-hydroxylation sites is 1. The number of rotatable bonds is 4. The van der Waals surface area contributed by atoms with Crippen LogP contribution in [0.1, 0.15) is 17.1 Å². The zero-order valence-corrected chi connectivity index (χ0v) is 18.6. The number of aromatic nitrogens is 4. The van der Waals surface area contributed by atoms with Crippen molar-refractivity contribution in [2.24, 2.45) is 7.05 Å². The van der Waals surface area contributed by atoms with Gasteiger partial charge in [0.2, 0.25) is 0 Å². The Balaban J connectivity index is 1.66. The molecule has 0 unspecified atom stereocenters. The molecule has 0 aliphatic carbocycles. The van der Waals surface area contributed by atoms with Gasteiger partial charge in [0.25, 0.3) is 5.56 Å². The fraction of sp³-hybridized carbons (Fsp3) is 0.167. The summed E-state index contributed by atoms with van der Waals surface area (Å²) in [5.41, 5.74) is 6.23. The number of nitrogens with zero attached hydrogens (tertiary/aromatic N) is 4. The normalized spacial score (nSPS) is 11.4. The first-order valence-electron chi connectivity index (χ1n) is 10.0. The van der Waals surface area contributed by atoms with Crippen LogP contribution < -0.4 is 5.56 Å². The molecule has 0 saturated heterocycles. The van der Waals surface area contributed by atoms with Gasteiger partial charge in [0.1, 0.15) is 5.69 Å². The van der Waals surface area contributed by atoms with Crippen LogP contribution in [-0.4, -0.2) is 18.9 Å². The predicted octanol–water partition coefficient (Wildman–Crippen LogP) is 5.28. The first kappa shape index (κ1) is 19.4. The highest BCUT2D eigenvalue weighted by molar-refractivity contribution is 7.13. The highest BCUT2D eigenvalue weighted by Gasteiger charge is 2.23. The van der Waals surface area contributed by atoms with E-state index < -0.39 is 0 Å². The molecule has 156 valence electrons. The topological polar surface area (TPSA) is 57.9 Å². The second kappa shape index (κ2) is 7.28. The average molecular weight is 431 g/mol. The van der Waals surface area contributed by atoms with Gasteiger partial charge in [-0.05, 0) is 51.1 Å². The second-order valence-corrected chi connectivity index (χ2v) is 8.40. The smallest absolute Gasteiger partial charge is 0.295 e. The SMILES string of the molecule is Cc1cc(-c2csc(-c3ccco3)n2)c(C)n1-c1c(C)n(C)n(-c2ccccc2)c1=O. The van der Waals surface area contributed by atoms with E-state index in [2.05, 4.69) is 6.07 Å². The van der Waals surface area contributed by atoms with Crippen LogP contribution in [0.3, 0.4) is 0 Å². The predicted molar refractivity (Wildman–Crippen MR) is 123 cm³/mol. The molecule has 0 fully saturated rings. The lowest BCUT2D eigenvalue weighted by atomic mass is 10.2. The number of aryl methyl sites for hydroxylation is 1. The molecule has 0 saturated carbocycles. The second-order valence-electron chi connectivity index (χ2n) is 7.55. The third-order valence-corrected chi connectivity index (χ3v) is 6.55. The van der Waals surface area contributed by atoms with E-state index in [4.69, 9.17) is 9.40 Å².